The third-order valence-corrected chi connectivity index (χ3v) is 4.93. The zero-order valence-electron chi connectivity index (χ0n) is 17.9. The van der Waals surface area contributed by atoms with E-state index in [1.165, 1.54) is 6.21 Å². The predicted molar refractivity (Wildman–Crippen MR) is 131 cm³/mol. The van der Waals surface area contributed by atoms with Crippen LogP contribution in [0.15, 0.2) is 90.3 Å². The number of hydrazone groups is 1. The molecule has 2 aromatic heterocycles. The summed E-state index contributed by atoms with van der Waals surface area (Å²) in [5.74, 6) is 0.772. The lowest BCUT2D eigenvalue weighted by atomic mass is 10.1. The first-order chi connectivity index (χ1) is 16.5. The minimum absolute atomic E-state index is 0.214. The number of aliphatic hydroxyl groups excluding tert-OH is 1. The Morgan fingerprint density at radius 2 is 2.09 bits per heavy atom. The van der Waals surface area contributed by atoms with Crippen LogP contribution in [0.5, 0.6) is 0 Å². The van der Waals surface area contributed by atoms with Crippen LogP contribution in [0, 0.1) is 0 Å². The van der Waals surface area contributed by atoms with Gasteiger partial charge in [-0.2, -0.15) is 10.1 Å². The average Bonchev–Trinajstić information content (AvgIpc) is 2.84. The van der Waals surface area contributed by atoms with Gasteiger partial charge in [0.25, 0.3) is 0 Å². The number of rotatable bonds is 7. The molecular formula is C23H21ClN8O2. The number of anilines is 3. The van der Waals surface area contributed by atoms with E-state index in [4.69, 9.17) is 11.6 Å². The van der Waals surface area contributed by atoms with Crippen LogP contribution < -0.4 is 21.0 Å². The second-order valence-electron chi connectivity index (χ2n) is 7.17. The Morgan fingerprint density at radius 1 is 1.21 bits per heavy atom. The molecule has 0 fully saturated rings. The highest BCUT2D eigenvalue weighted by molar-refractivity contribution is 6.30. The molecule has 4 rings (SSSR count). The quantitative estimate of drug-likeness (QED) is 0.378. The Bertz CT molecular complexity index is 1250. The molecule has 0 saturated carbocycles. The Hall–Kier alpha value is -4.44. The monoisotopic (exact) mass is 476 g/mol. The number of hydrogen-bond donors (Lipinski definition) is 4. The summed E-state index contributed by atoms with van der Waals surface area (Å²) >= 11 is 6.01. The number of hydrogen-bond acceptors (Lipinski definition) is 8. The maximum absolute atomic E-state index is 12.5. The van der Waals surface area contributed by atoms with Crippen molar-refractivity contribution in [3.8, 4) is 0 Å². The molecule has 10 nitrogen and oxygen atoms in total. The van der Waals surface area contributed by atoms with Crippen molar-refractivity contribution >= 4 is 41.3 Å². The molecule has 0 bridgehead atoms. The molecular weight excluding hydrogens is 456 g/mol. The van der Waals surface area contributed by atoms with Crippen LogP contribution in [0.25, 0.3) is 0 Å². The summed E-state index contributed by atoms with van der Waals surface area (Å²) in [6, 6.07) is 10.9. The number of amides is 2. The van der Waals surface area contributed by atoms with E-state index in [0.29, 0.717) is 34.6 Å². The summed E-state index contributed by atoms with van der Waals surface area (Å²) in [7, 11) is 0. The van der Waals surface area contributed by atoms with Crippen molar-refractivity contribution < 1.29 is 9.90 Å². The van der Waals surface area contributed by atoms with E-state index in [2.05, 4.69) is 42.6 Å². The van der Waals surface area contributed by atoms with Gasteiger partial charge in [0.15, 0.2) is 5.82 Å². The summed E-state index contributed by atoms with van der Waals surface area (Å²) in [4.78, 5) is 25.2. The van der Waals surface area contributed by atoms with Crippen LogP contribution in [0.2, 0.25) is 5.02 Å². The fourth-order valence-electron chi connectivity index (χ4n) is 3.11. The molecule has 4 N–H and O–H groups in total. The minimum Gasteiger partial charge on any atom is -0.510 e. The molecule has 3 aromatic rings. The number of carbonyl (C=O) groups excluding carboxylic acids is 1. The maximum atomic E-state index is 12.5. The van der Waals surface area contributed by atoms with E-state index >= 15 is 0 Å². The Morgan fingerprint density at radius 3 is 2.79 bits per heavy atom. The number of pyridine rings is 1. The van der Waals surface area contributed by atoms with Crippen molar-refractivity contribution in [3.63, 3.8) is 0 Å². The first kappa shape index (κ1) is 22.7. The number of nitrogens with zero attached hydrogens (tertiary/aromatic N) is 5. The van der Waals surface area contributed by atoms with Crippen molar-refractivity contribution in [1.29, 1.82) is 0 Å². The lowest BCUT2D eigenvalue weighted by Crippen LogP contribution is -2.39. The highest BCUT2D eigenvalue weighted by Crippen LogP contribution is 2.22. The van der Waals surface area contributed by atoms with Crippen molar-refractivity contribution in [1.82, 2.24) is 25.6 Å². The molecule has 172 valence electrons. The number of urea groups is 1. The number of halogens is 1. The van der Waals surface area contributed by atoms with E-state index < -0.39 is 12.1 Å². The van der Waals surface area contributed by atoms with Crippen LogP contribution in [-0.4, -0.2) is 38.8 Å². The van der Waals surface area contributed by atoms with Crippen molar-refractivity contribution in [2.45, 2.75) is 6.04 Å². The molecule has 0 unspecified atom stereocenters. The van der Waals surface area contributed by atoms with Gasteiger partial charge in [-0.15, -0.1) is 0 Å². The van der Waals surface area contributed by atoms with Crippen LogP contribution >= 0.6 is 11.6 Å². The van der Waals surface area contributed by atoms with Gasteiger partial charge < -0.3 is 21.1 Å². The first-order valence-electron chi connectivity index (χ1n) is 10.2. The molecule has 0 aliphatic carbocycles. The Labute approximate surface area is 200 Å². The number of nitrogens with one attached hydrogen (secondary N) is 3. The van der Waals surface area contributed by atoms with E-state index in [0.717, 1.165) is 5.69 Å². The Balaban J connectivity index is 1.36. The van der Waals surface area contributed by atoms with E-state index in [1.807, 2.05) is 12.1 Å². The molecule has 1 atom stereocenters. The third kappa shape index (κ3) is 5.87. The number of allylic oxidation sites excluding steroid dienone is 1. The van der Waals surface area contributed by atoms with Gasteiger partial charge in [0, 0.05) is 23.5 Å². The number of aliphatic hydroxyl groups is 1. The van der Waals surface area contributed by atoms with Crippen molar-refractivity contribution in [3.05, 3.63) is 95.8 Å². The first-order valence-corrected chi connectivity index (χ1v) is 10.6. The standard InChI is InChI=1S/C23H21ClN8O2/c1-15(33)21(16-4-2-5-17(24)12-16)31-23(34)29-19-8-11-32(27-14-19)20-7-10-26-22(30-20)28-18-6-3-9-25-13-18/h2-10,12-14,21,33H,1,11H2,(H,26,28,30)(H2,29,31,34)/t21-/m1/s1. The van der Waals surface area contributed by atoms with Crippen LogP contribution in [0.4, 0.5) is 22.2 Å². The highest BCUT2D eigenvalue weighted by atomic mass is 35.5. The molecule has 1 aliphatic heterocycles. The SMILES string of the molecule is C=C(O)[C@@H](NC(=O)NC1=CCN(c2ccnc(Nc3cccnc3)n2)N=C1)c1cccc(Cl)c1. The number of benzene rings is 1. The van der Waals surface area contributed by atoms with Gasteiger partial charge >= 0.3 is 6.03 Å². The summed E-state index contributed by atoms with van der Waals surface area (Å²) in [6.45, 7) is 3.91. The third-order valence-electron chi connectivity index (χ3n) is 4.69. The molecule has 0 spiro atoms. The van der Waals surface area contributed by atoms with Gasteiger partial charge in [0.2, 0.25) is 5.95 Å². The summed E-state index contributed by atoms with van der Waals surface area (Å²) < 4.78 is 0. The fraction of sp³-hybridized carbons (Fsp3) is 0.0870. The van der Waals surface area contributed by atoms with Crippen molar-refractivity contribution in [2.75, 3.05) is 16.9 Å². The topological polar surface area (TPSA) is 128 Å². The number of carbonyl (C=O) groups is 1. The fourth-order valence-corrected chi connectivity index (χ4v) is 3.31. The normalized spacial score (nSPS) is 13.6. The predicted octanol–water partition coefficient (Wildman–Crippen LogP) is 4.07. The second kappa shape index (κ2) is 10.5. The van der Waals surface area contributed by atoms with E-state index in [1.54, 1.807) is 60.0 Å². The van der Waals surface area contributed by atoms with Gasteiger partial charge in [-0.05, 0) is 35.9 Å². The van der Waals surface area contributed by atoms with Gasteiger partial charge in [0.05, 0.1) is 30.3 Å². The molecule has 34 heavy (non-hydrogen) atoms. The molecule has 1 aliphatic rings. The van der Waals surface area contributed by atoms with Crippen LogP contribution in [0.1, 0.15) is 11.6 Å². The molecule has 3 heterocycles. The van der Waals surface area contributed by atoms with Crippen molar-refractivity contribution in [2.24, 2.45) is 5.10 Å². The summed E-state index contributed by atoms with van der Waals surface area (Å²) in [5.41, 5.74) is 1.86. The lowest BCUT2D eigenvalue weighted by Gasteiger charge is -2.22. The second-order valence-corrected chi connectivity index (χ2v) is 7.61. The van der Waals surface area contributed by atoms with Crippen LogP contribution in [0.3, 0.4) is 0 Å². The van der Waals surface area contributed by atoms with Gasteiger partial charge in [-0.1, -0.05) is 30.3 Å². The molecule has 11 heteroatoms. The zero-order chi connectivity index (χ0) is 23.9. The minimum atomic E-state index is -0.817. The highest BCUT2D eigenvalue weighted by Gasteiger charge is 2.19. The largest absolute Gasteiger partial charge is 0.510 e. The smallest absolute Gasteiger partial charge is 0.320 e. The number of aromatic nitrogens is 3. The Kier molecular flexibility index (Phi) is 6.99. The van der Waals surface area contributed by atoms with Gasteiger partial charge in [0.1, 0.15) is 11.8 Å². The van der Waals surface area contributed by atoms with Gasteiger partial charge in [-0.25, -0.2) is 14.8 Å². The lowest BCUT2D eigenvalue weighted by molar-refractivity contribution is 0.237. The average molecular weight is 477 g/mol. The molecule has 2 amide bonds. The van der Waals surface area contributed by atoms with E-state index in [-0.39, 0.29) is 5.76 Å². The molecule has 1 aromatic carbocycles. The molecule has 0 radical (unpaired) electrons. The molecule has 0 saturated heterocycles. The summed E-state index contributed by atoms with van der Waals surface area (Å²) in [6.07, 6.45) is 8.26. The summed E-state index contributed by atoms with van der Waals surface area (Å²) in [5, 5.41) is 24.9. The van der Waals surface area contributed by atoms with Crippen LogP contribution in [-0.2, 0) is 0 Å². The zero-order valence-corrected chi connectivity index (χ0v) is 18.6. The van der Waals surface area contributed by atoms with E-state index in [9.17, 15) is 9.90 Å². The maximum Gasteiger partial charge on any atom is 0.320 e. The van der Waals surface area contributed by atoms with Gasteiger partial charge in [-0.3, -0.25) is 4.98 Å².